The second-order valence-corrected chi connectivity index (χ2v) is 6.70. The Morgan fingerprint density at radius 1 is 1.10 bits per heavy atom. The molecule has 3 aliphatic rings. The van der Waals surface area contributed by atoms with Gasteiger partial charge in [-0.1, -0.05) is 12.8 Å². The van der Waals surface area contributed by atoms with Gasteiger partial charge in [-0.25, -0.2) is 0 Å². The molecule has 3 saturated carbocycles. The first-order chi connectivity index (χ1) is 10.0. The molecule has 5 nitrogen and oxygen atoms in total. The van der Waals surface area contributed by atoms with E-state index in [0.29, 0.717) is 18.8 Å². The summed E-state index contributed by atoms with van der Waals surface area (Å²) in [6.07, 6.45) is 5.82. The summed E-state index contributed by atoms with van der Waals surface area (Å²) >= 11 is 0. The quantitative estimate of drug-likeness (QED) is 0.574. The molecule has 0 aliphatic heterocycles. The van der Waals surface area contributed by atoms with Gasteiger partial charge in [-0.15, -0.1) is 0 Å². The summed E-state index contributed by atoms with van der Waals surface area (Å²) in [5, 5.41) is 0. The van der Waals surface area contributed by atoms with Gasteiger partial charge < -0.3 is 9.47 Å². The number of Topliss-reactive ketones (excluding diaryl/α,β-unsaturated/α-hetero) is 1. The van der Waals surface area contributed by atoms with Crippen LogP contribution in [0.1, 0.15) is 44.9 Å². The van der Waals surface area contributed by atoms with Crippen LogP contribution in [0.2, 0.25) is 0 Å². The lowest BCUT2D eigenvalue weighted by Gasteiger charge is -2.45. The molecule has 0 heterocycles. The third-order valence-electron chi connectivity index (χ3n) is 6.27. The van der Waals surface area contributed by atoms with Gasteiger partial charge in [0.05, 0.1) is 19.6 Å². The molecule has 3 rings (SSSR count). The summed E-state index contributed by atoms with van der Waals surface area (Å²) in [6, 6.07) is 0. The van der Waals surface area contributed by atoms with Crippen molar-refractivity contribution >= 4 is 17.7 Å². The van der Waals surface area contributed by atoms with Crippen molar-refractivity contribution in [2.75, 3.05) is 14.2 Å². The molecule has 5 heteroatoms. The Hall–Kier alpha value is -1.39. The van der Waals surface area contributed by atoms with Crippen LogP contribution < -0.4 is 0 Å². The van der Waals surface area contributed by atoms with Crippen LogP contribution in [0, 0.1) is 22.7 Å². The molecule has 1 spiro atoms. The molecule has 116 valence electrons. The molecule has 0 N–H and O–H groups in total. The minimum absolute atomic E-state index is 0.140. The van der Waals surface area contributed by atoms with Gasteiger partial charge >= 0.3 is 11.9 Å². The maximum absolute atomic E-state index is 12.7. The lowest BCUT2D eigenvalue weighted by atomic mass is 9.57. The zero-order chi connectivity index (χ0) is 15.3. The van der Waals surface area contributed by atoms with E-state index < -0.39 is 23.3 Å². The van der Waals surface area contributed by atoms with Crippen molar-refractivity contribution in [2.45, 2.75) is 44.9 Å². The Bertz CT molecular complexity index is 499. The number of esters is 2. The molecule has 0 bridgehead atoms. The predicted molar refractivity (Wildman–Crippen MR) is 73.2 cm³/mol. The third kappa shape index (κ3) is 1.60. The molecule has 4 unspecified atom stereocenters. The van der Waals surface area contributed by atoms with Gasteiger partial charge in [-0.05, 0) is 37.0 Å². The zero-order valence-electron chi connectivity index (χ0n) is 12.6. The maximum atomic E-state index is 12.7. The molecule has 0 aromatic heterocycles. The number of carbonyl (C=O) groups is 3. The van der Waals surface area contributed by atoms with E-state index in [9.17, 15) is 14.4 Å². The van der Waals surface area contributed by atoms with Crippen LogP contribution in [-0.2, 0) is 23.9 Å². The van der Waals surface area contributed by atoms with E-state index in [1.165, 1.54) is 14.2 Å². The van der Waals surface area contributed by atoms with Crippen LogP contribution in [0.5, 0.6) is 0 Å². The highest BCUT2D eigenvalue weighted by molar-refractivity contribution is 6.07. The Kier molecular flexibility index (Phi) is 3.34. The minimum atomic E-state index is -0.989. The SMILES string of the molecule is COC(=O)C1C(=O)CC23CCCCC2CCC13C(=O)OC. The zero-order valence-corrected chi connectivity index (χ0v) is 12.6. The Morgan fingerprint density at radius 2 is 1.86 bits per heavy atom. The second-order valence-electron chi connectivity index (χ2n) is 6.70. The first kappa shape index (κ1) is 14.5. The lowest BCUT2D eigenvalue weighted by molar-refractivity contribution is -0.173. The molecular weight excluding hydrogens is 272 g/mol. The summed E-state index contributed by atoms with van der Waals surface area (Å²) in [4.78, 5) is 37.4. The fourth-order valence-electron chi connectivity index (χ4n) is 5.54. The van der Waals surface area contributed by atoms with E-state index in [-0.39, 0.29) is 11.2 Å². The highest BCUT2D eigenvalue weighted by Crippen LogP contribution is 2.71. The van der Waals surface area contributed by atoms with Crippen molar-refractivity contribution in [3.05, 3.63) is 0 Å². The highest BCUT2D eigenvalue weighted by Gasteiger charge is 2.75. The molecule has 3 aliphatic carbocycles. The van der Waals surface area contributed by atoms with Crippen LogP contribution in [0.25, 0.3) is 0 Å². The smallest absolute Gasteiger partial charge is 0.317 e. The molecule has 0 amide bonds. The molecule has 21 heavy (non-hydrogen) atoms. The molecule has 0 aromatic rings. The van der Waals surface area contributed by atoms with Gasteiger partial charge in [0, 0.05) is 6.42 Å². The summed E-state index contributed by atoms with van der Waals surface area (Å²) in [5.41, 5.74) is -1.37. The van der Waals surface area contributed by atoms with Gasteiger partial charge in [0.1, 0.15) is 11.7 Å². The molecule has 3 fully saturated rings. The molecule has 0 saturated heterocycles. The van der Waals surface area contributed by atoms with E-state index in [1.807, 2.05) is 0 Å². The fourth-order valence-corrected chi connectivity index (χ4v) is 5.54. The number of carbonyl (C=O) groups excluding carboxylic acids is 3. The van der Waals surface area contributed by atoms with Crippen molar-refractivity contribution in [1.82, 2.24) is 0 Å². The maximum Gasteiger partial charge on any atom is 0.317 e. The predicted octanol–water partition coefficient (Wildman–Crippen LogP) is 1.88. The van der Waals surface area contributed by atoms with Crippen LogP contribution in [-0.4, -0.2) is 31.9 Å². The van der Waals surface area contributed by atoms with Gasteiger partial charge in [-0.3, -0.25) is 14.4 Å². The minimum Gasteiger partial charge on any atom is -0.469 e. The summed E-state index contributed by atoms with van der Waals surface area (Å²) < 4.78 is 9.90. The average molecular weight is 294 g/mol. The lowest BCUT2D eigenvalue weighted by Crippen LogP contribution is -2.50. The first-order valence-electron chi connectivity index (χ1n) is 7.72. The van der Waals surface area contributed by atoms with E-state index in [0.717, 1.165) is 32.1 Å². The molecule has 0 aromatic carbocycles. The average Bonchev–Trinajstić information content (AvgIpc) is 2.93. The summed E-state index contributed by atoms with van der Waals surface area (Å²) in [7, 11) is 2.62. The van der Waals surface area contributed by atoms with Gasteiger partial charge in [0.25, 0.3) is 0 Å². The first-order valence-corrected chi connectivity index (χ1v) is 7.72. The number of hydrogen-bond donors (Lipinski definition) is 0. The van der Waals surface area contributed by atoms with Gasteiger partial charge in [-0.2, -0.15) is 0 Å². The van der Waals surface area contributed by atoms with Crippen molar-refractivity contribution in [2.24, 2.45) is 22.7 Å². The number of rotatable bonds is 2. The fraction of sp³-hybridized carbons (Fsp3) is 0.812. The second kappa shape index (κ2) is 4.82. The largest absolute Gasteiger partial charge is 0.469 e. The van der Waals surface area contributed by atoms with Gasteiger partial charge in [0.15, 0.2) is 0 Å². The Morgan fingerprint density at radius 3 is 2.52 bits per heavy atom. The van der Waals surface area contributed by atoms with E-state index >= 15 is 0 Å². The van der Waals surface area contributed by atoms with E-state index in [1.54, 1.807) is 0 Å². The van der Waals surface area contributed by atoms with E-state index in [4.69, 9.17) is 9.47 Å². The molecular formula is C16H22O5. The topological polar surface area (TPSA) is 69.7 Å². The van der Waals surface area contributed by atoms with Crippen molar-refractivity contribution in [3.63, 3.8) is 0 Å². The summed E-state index contributed by atoms with van der Waals surface area (Å²) in [6.45, 7) is 0. The third-order valence-corrected chi connectivity index (χ3v) is 6.27. The van der Waals surface area contributed by atoms with Gasteiger partial charge in [0.2, 0.25) is 0 Å². The summed E-state index contributed by atoms with van der Waals surface area (Å²) in [5.74, 6) is -1.73. The standard InChI is InChI=1S/C16H22O5/c1-20-13(18)12-11(17)9-15-7-4-3-5-10(15)6-8-16(12,15)14(19)21-2/h10,12H,3-9H2,1-2H3. The number of methoxy groups -OCH3 is 2. The Balaban J connectivity index is 2.15. The van der Waals surface area contributed by atoms with Crippen LogP contribution in [0.4, 0.5) is 0 Å². The monoisotopic (exact) mass is 294 g/mol. The van der Waals surface area contributed by atoms with Crippen molar-refractivity contribution < 1.29 is 23.9 Å². The van der Waals surface area contributed by atoms with Crippen LogP contribution in [0.3, 0.4) is 0 Å². The number of ether oxygens (including phenoxy) is 2. The normalized spacial score (nSPS) is 41.3. The molecule has 4 atom stereocenters. The van der Waals surface area contributed by atoms with Crippen molar-refractivity contribution in [3.8, 4) is 0 Å². The number of hydrogen-bond acceptors (Lipinski definition) is 5. The highest BCUT2D eigenvalue weighted by atomic mass is 16.5. The van der Waals surface area contributed by atoms with E-state index in [2.05, 4.69) is 0 Å². The van der Waals surface area contributed by atoms with Crippen LogP contribution in [0.15, 0.2) is 0 Å². The number of ketones is 1. The Labute approximate surface area is 124 Å². The molecule has 0 radical (unpaired) electrons. The van der Waals surface area contributed by atoms with Crippen molar-refractivity contribution in [1.29, 1.82) is 0 Å². The van der Waals surface area contributed by atoms with Crippen LogP contribution >= 0.6 is 0 Å².